The zero-order chi connectivity index (χ0) is 9.90. The molecule has 0 heterocycles. The number of carboxylic acid groups (broad SMARTS) is 1. The monoisotopic (exact) mass is 185 g/mol. The third-order valence-corrected chi connectivity index (χ3v) is 1.92. The van der Waals surface area contributed by atoms with Crippen LogP contribution in [0.25, 0.3) is 0 Å². The molecule has 0 unspecified atom stereocenters. The summed E-state index contributed by atoms with van der Waals surface area (Å²) in [6.07, 6.45) is 3.20. The van der Waals surface area contributed by atoms with Crippen LogP contribution in [-0.2, 0) is 9.59 Å². The molecular weight excluding hydrogens is 174 g/mol. The Morgan fingerprint density at radius 3 is 2.38 bits per heavy atom. The van der Waals surface area contributed by atoms with Gasteiger partial charge in [-0.2, -0.15) is 0 Å². The number of carbonyl (C=O) groups is 2. The molecule has 1 rings (SSSR count). The molecule has 0 aromatic carbocycles. The lowest BCUT2D eigenvalue weighted by Crippen LogP contribution is -2.38. The summed E-state index contributed by atoms with van der Waals surface area (Å²) in [5, 5.41) is 19.6. The van der Waals surface area contributed by atoms with Crippen molar-refractivity contribution in [1.29, 1.82) is 0 Å². The number of amides is 1. The van der Waals surface area contributed by atoms with Gasteiger partial charge in [-0.05, 0) is 12.8 Å². The van der Waals surface area contributed by atoms with E-state index in [1.807, 2.05) is 0 Å². The van der Waals surface area contributed by atoms with E-state index in [4.69, 9.17) is 10.2 Å². The Morgan fingerprint density at radius 1 is 1.38 bits per heavy atom. The average Bonchev–Trinajstić information content (AvgIpc) is 2.82. The van der Waals surface area contributed by atoms with E-state index < -0.39 is 17.4 Å². The van der Waals surface area contributed by atoms with Crippen LogP contribution in [0.5, 0.6) is 0 Å². The topological polar surface area (TPSA) is 86.6 Å². The van der Waals surface area contributed by atoms with Crippen molar-refractivity contribution < 1.29 is 19.8 Å². The Labute approximate surface area is 75.1 Å². The maximum atomic E-state index is 11.0. The van der Waals surface area contributed by atoms with Gasteiger partial charge in [-0.1, -0.05) is 0 Å². The normalized spacial score (nSPS) is 18.5. The molecule has 0 spiro atoms. The summed E-state index contributed by atoms with van der Waals surface area (Å²) in [5.41, 5.74) is -0.486. The second kappa shape index (κ2) is 3.57. The molecule has 0 radical (unpaired) electrons. The molecule has 3 N–H and O–H groups in total. The number of hydrogen-bond donors (Lipinski definition) is 3. The highest BCUT2D eigenvalue weighted by Crippen LogP contribution is 2.34. The zero-order valence-electron chi connectivity index (χ0n) is 6.99. The van der Waals surface area contributed by atoms with E-state index in [0.29, 0.717) is 0 Å². The highest BCUT2D eigenvalue weighted by Gasteiger charge is 2.42. The molecule has 0 aromatic heterocycles. The van der Waals surface area contributed by atoms with Crippen LogP contribution in [0.4, 0.5) is 0 Å². The highest BCUT2D eigenvalue weighted by atomic mass is 16.4. The van der Waals surface area contributed by atoms with Gasteiger partial charge in [0.25, 0.3) is 0 Å². The Balaban J connectivity index is 2.38. The first-order valence-corrected chi connectivity index (χ1v) is 3.92. The van der Waals surface area contributed by atoms with Crippen LogP contribution >= 0.6 is 0 Å². The summed E-state index contributed by atoms with van der Waals surface area (Å²) >= 11 is 0. The molecule has 1 aliphatic carbocycles. The Bertz CT molecular complexity index is 255. The lowest BCUT2D eigenvalue weighted by Gasteiger charge is -2.11. The molecule has 0 atom stereocenters. The number of carboxylic acids is 1. The first-order valence-electron chi connectivity index (χ1n) is 3.92. The smallest absolute Gasteiger partial charge is 0.328 e. The van der Waals surface area contributed by atoms with Gasteiger partial charge in [0.2, 0.25) is 5.91 Å². The SMILES string of the molecule is O=C(O)/C=C/C(=O)NC1(CO)CC1. The standard InChI is InChI=1S/C8H11NO4/c10-5-8(3-4-8)9-6(11)1-2-7(12)13/h1-2,10H,3-5H2,(H,9,11)(H,12,13)/b2-1+. The van der Waals surface area contributed by atoms with Gasteiger partial charge >= 0.3 is 5.97 Å². The van der Waals surface area contributed by atoms with Crippen molar-refractivity contribution in [1.82, 2.24) is 5.32 Å². The number of nitrogens with one attached hydrogen (secondary N) is 1. The minimum Gasteiger partial charge on any atom is -0.478 e. The largest absolute Gasteiger partial charge is 0.478 e. The first kappa shape index (κ1) is 9.73. The third kappa shape index (κ3) is 2.87. The van der Waals surface area contributed by atoms with Gasteiger partial charge in [0.1, 0.15) is 0 Å². The summed E-state index contributed by atoms with van der Waals surface area (Å²) < 4.78 is 0. The maximum Gasteiger partial charge on any atom is 0.328 e. The van der Waals surface area contributed by atoms with E-state index in [9.17, 15) is 9.59 Å². The summed E-state index contributed by atoms with van der Waals surface area (Å²) in [7, 11) is 0. The van der Waals surface area contributed by atoms with E-state index >= 15 is 0 Å². The van der Waals surface area contributed by atoms with Gasteiger partial charge in [0, 0.05) is 12.2 Å². The van der Waals surface area contributed by atoms with E-state index in [-0.39, 0.29) is 6.61 Å². The van der Waals surface area contributed by atoms with Gasteiger partial charge in [0.15, 0.2) is 0 Å². The van der Waals surface area contributed by atoms with Gasteiger partial charge < -0.3 is 15.5 Å². The molecule has 1 amide bonds. The van der Waals surface area contributed by atoms with Gasteiger partial charge in [0.05, 0.1) is 12.1 Å². The zero-order valence-corrected chi connectivity index (χ0v) is 6.99. The van der Waals surface area contributed by atoms with Crippen LogP contribution in [0.1, 0.15) is 12.8 Å². The van der Waals surface area contributed by atoms with Crippen LogP contribution < -0.4 is 5.32 Å². The van der Waals surface area contributed by atoms with Gasteiger partial charge in [-0.3, -0.25) is 4.79 Å². The van der Waals surface area contributed by atoms with Crippen molar-refractivity contribution in [2.75, 3.05) is 6.61 Å². The van der Waals surface area contributed by atoms with E-state index in [1.54, 1.807) is 0 Å². The molecule has 0 saturated heterocycles. The van der Waals surface area contributed by atoms with Crippen LogP contribution in [0.3, 0.4) is 0 Å². The minimum atomic E-state index is -1.16. The van der Waals surface area contributed by atoms with Crippen molar-refractivity contribution in [3.8, 4) is 0 Å². The minimum absolute atomic E-state index is 0.0976. The predicted octanol–water partition coefficient (Wildman–Crippen LogP) is -0.732. The quantitative estimate of drug-likeness (QED) is 0.504. The van der Waals surface area contributed by atoms with E-state index in [0.717, 1.165) is 25.0 Å². The molecule has 0 bridgehead atoms. The average molecular weight is 185 g/mol. The highest BCUT2D eigenvalue weighted by molar-refractivity contribution is 5.94. The first-order chi connectivity index (χ1) is 6.08. The number of aliphatic carboxylic acids is 1. The van der Waals surface area contributed by atoms with Crippen LogP contribution in [-0.4, -0.2) is 34.2 Å². The molecule has 1 fully saturated rings. The Morgan fingerprint density at radius 2 is 2.00 bits per heavy atom. The van der Waals surface area contributed by atoms with Crippen LogP contribution in [0.15, 0.2) is 12.2 Å². The van der Waals surface area contributed by atoms with Crippen molar-refractivity contribution in [2.24, 2.45) is 0 Å². The van der Waals surface area contributed by atoms with Gasteiger partial charge in [-0.15, -0.1) is 0 Å². The second-order valence-electron chi connectivity index (χ2n) is 3.10. The van der Waals surface area contributed by atoms with Crippen molar-refractivity contribution in [3.63, 3.8) is 0 Å². The summed E-state index contributed by atoms with van der Waals surface area (Å²) in [5.74, 6) is -1.64. The molecule has 1 aliphatic rings. The molecule has 5 heteroatoms. The number of aliphatic hydroxyl groups excluding tert-OH is 1. The fourth-order valence-electron chi connectivity index (χ4n) is 0.924. The summed E-state index contributed by atoms with van der Waals surface area (Å²) in [6.45, 7) is -0.0976. The summed E-state index contributed by atoms with van der Waals surface area (Å²) in [6, 6.07) is 0. The van der Waals surface area contributed by atoms with Crippen molar-refractivity contribution >= 4 is 11.9 Å². The fourth-order valence-corrected chi connectivity index (χ4v) is 0.924. The lowest BCUT2D eigenvalue weighted by molar-refractivity contribution is -0.131. The van der Waals surface area contributed by atoms with E-state index in [1.165, 1.54) is 0 Å². The lowest BCUT2D eigenvalue weighted by atomic mass is 10.3. The fraction of sp³-hybridized carbons (Fsp3) is 0.500. The molecular formula is C8H11NO4. The molecule has 0 aliphatic heterocycles. The number of rotatable bonds is 4. The third-order valence-electron chi connectivity index (χ3n) is 1.92. The molecule has 13 heavy (non-hydrogen) atoms. The summed E-state index contributed by atoms with van der Waals surface area (Å²) in [4.78, 5) is 21.0. The molecule has 5 nitrogen and oxygen atoms in total. The number of aliphatic hydroxyl groups is 1. The molecule has 0 aromatic rings. The predicted molar refractivity (Wildman–Crippen MR) is 44.0 cm³/mol. The van der Waals surface area contributed by atoms with Crippen molar-refractivity contribution in [2.45, 2.75) is 18.4 Å². The second-order valence-corrected chi connectivity index (χ2v) is 3.10. The van der Waals surface area contributed by atoms with Crippen molar-refractivity contribution in [3.05, 3.63) is 12.2 Å². The van der Waals surface area contributed by atoms with Crippen LogP contribution in [0.2, 0.25) is 0 Å². The molecule has 1 saturated carbocycles. The molecule has 72 valence electrons. The van der Waals surface area contributed by atoms with E-state index in [2.05, 4.69) is 5.32 Å². The maximum absolute atomic E-state index is 11.0. The van der Waals surface area contributed by atoms with Crippen LogP contribution in [0, 0.1) is 0 Å². The Kier molecular flexibility index (Phi) is 2.67. The number of carbonyl (C=O) groups excluding carboxylic acids is 1. The number of hydrogen-bond acceptors (Lipinski definition) is 3. The Hall–Kier alpha value is -1.36. The van der Waals surface area contributed by atoms with Gasteiger partial charge in [-0.25, -0.2) is 4.79 Å².